The van der Waals surface area contributed by atoms with Crippen LogP contribution in [0.1, 0.15) is 54.6 Å². The maximum atomic E-state index is 14.0. The normalized spacial score (nSPS) is 13.7. The quantitative estimate of drug-likeness (QED) is 0.200. The van der Waals surface area contributed by atoms with Gasteiger partial charge in [0, 0.05) is 47.9 Å². The zero-order valence-electron chi connectivity index (χ0n) is 24.1. The zero-order chi connectivity index (χ0) is 29.6. The molecule has 6 nitrogen and oxygen atoms in total. The van der Waals surface area contributed by atoms with E-state index in [2.05, 4.69) is 5.32 Å². The first-order chi connectivity index (χ1) is 20.4. The van der Waals surface area contributed by atoms with Crippen LogP contribution in [0.4, 0.5) is 5.69 Å². The van der Waals surface area contributed by atoms with Crippen molar-refractivity contribution in [2.75, 3.05) is 11.4 Å². The number of amides is 3. The number of anilines is 1. The largest absolute Gasteiger partial charge is 0.352 e. The number of hydrogen-bond acceptors (Lipinski definition) is 3. The van der Waals surface area contributed by atoms with Gasteiger partial charge in [0.1, 0.15) is 6.04 Å². The van der Waals surface area contributed by atoms with Crippen LogP contribution in [0.5, 0.6) is 0 Å². The van der Waals surface area contributed by atoms with E-state index in [4.69, 9.17) is 11.6 Å². The molecule has 42 heavy (non-hydrogen) atoms. The number of rotatable bonds is 12. The van der Waals surface area contributed by atoms with Crippen molar-refractivity contribution in [3.8, 4) is 0 Å². The Kier molecular flexibility index (Phi) is 9.23. The minimum atomic E-state index is -0.725. The van der Waals surface area contributed by atoms with E-state index in [1.165, 1.54) is 0 Å². The second-order valence-electron chi connectivity index (χ2n) is 10.9. The summed E-state index contributed by atoms with van der Waals surface area (Å²) in [6, 6.07) is 28.1. The molecular formula is C35H36ClN3O3. The Balaban J connectivity index is 1.38. The summed E-state index contributed by atoms with van der Waals surface area (Å²) in [5, 5.41) is 5.63. The van der Waals surface area contributed by atoms with Crippen LogP contribution >= 0.6 is 11.6 Å². The molecule has 0 saturated carbocycles. The van der Waals surface area contributed by atoms with E-state index in [1.54, 1.807) is 15.9 Å². The van der Waals surface area contributed by atoms with Gasteiger partial charge in [0.05, 0.1) is 5.69 Å². The van der Waals surface area contributed by atoms with Gasteiger partial charge in [0.25, 0.3) is 5.91 Å². The smallest absolute Gasteiger partial charge is 0.258 e. The predicted octanol–water partition coefficient (Wildman–Crippen LogP) is 6.79. The van der Waals surface area contributed by atoms with Gasteiger partial charge >= 0.3 is 0 Å². The number of nitrogens with one attached hydrogen (secondary N) is 1. The zero-order valence-corrected chi connectivity index (χ0v) is 24.8. The monoisotopic (exact) mass is 581 g/mol. The predicted molar refractivity (Wildman–Crippen MR) is 169 cm³/mol. The minimum absolute atomic E-state index is 0.0291. The van der Waals surface area contributed by atoms with E-state index in [9.17, 15) is 14.4 Å². The summed E-state index contributed by atoms with van der Waals surface area (Å²) in [4.78, 5) is 44.4. The third kappa shape index (κ3) is 6.34. The molecule has 0 spiro atoms. The average molecular weight is 582 g/mol. The summed E-state index contributed by atoms with van der Waals surface area (Å²) in [7, 11) is 0. The van der Waals surface area contributed by atoms with Crippen LogP contribution in [0.25, 0.3) is 10.8 Å². The van der Waals surface area contributed by atoms with E-state index < -0.39 is 6.04 Å². The number of carbonyl (C=O) groups excluding carboxylic acids is 3. The van der Waals surface area contributed by atoms with E-state index in [0.29, 0.717) is 30.0 Å². The summed E-state index contributed by atoms with van der Waals surface area (Å²) in [5.74, 6) is -0.389. The van der Waals surface area contributed by atoms with E-state index in [1.807, 2.05) is 98.8 Å². The molecule has 1 heterocycles. The van der Waals surface area contributed by atoms with Crippen molar-refractivity contribution >= 4 is 45.8 Å². The maximum Gasteiger partial charge on any atom is 0.258 e. The first kappa shape index (κ1) is 29.3. The molecular weight excluding hydrogens is 546 g/mol. The van der Waals surface area contributed by atoms with Crippen LogP contribution in [-0.2, 0) is 22.6 Å². The molecule has 0 aliphatic carbocycles. The summed E-state index contributed by atoms with van der Waals surface area (Å²) >= 11 is 6.53. The lowest BCUT2D eigenvalue weighted by molar-refractivity contribution is -0.141. The van der Waals surface area contributed by atoms with Gasteiger partial charge in [-0.1, -0.05) is 91.3 Å². The first-order valence-corrected chi connectivity index (χ1v) is 15.0. The van der Waals surface area contributed by atoms with Gasteiger partial charge in [-0.15, -0.1) is 0 Å². The molecule has 0 unspecified atom stereocenters. The van der Waals surface area contributed by atoms with Gasteiger partial charge in [-0.25, -0.2) is 0 Å². The van der Waals surface area contributed by atoms with Crippen LogP contribution in [0.2, 0.25) is 5.02 Å². The van der Waals surface area contributed by atoms with Gasteiger partial charge in [0.15, 0.2) is 0 Å². The molecule has 0 radical (unpaired) electrons. The molecule has 7 heteroatoms. The fourth-order valence-corrected chi connectivity index (χ4v) is 5.73. The lowest BCUT2D eigenvalue weighted by Crippen LogP contribution is -2.52. The fraction of sp³-hybridized carbons (Fsp3) is 0.286. The maximum absolute atomic E-state index is 14.0. The SMILES string of the molecule is CC[C@@H](C)NC(=O)[C@@H](Cc1ccccc1)N(Cc1ccccc1Cl)C(=O)CCCN1C(=O)c2cccc3cccc1c23. The molecule has 0 aromatic heterocycles. The molecule has 5 rings (SSSR count). The lowest BCUT2D eigenvalue weighted by atomic mass is 10.0. The van der Waals surface area contributed by atoms with Gasteiger partial charge in [-0.3, -0.25) is 14.4 Å². The number of nitrogens with zero attached hydrogens (tertiary/aromatic N) is 2. The molecule has 1 aliphatic heterocycles. The molecule has 216 valence electrons. The number of benzene rings is 4. The minimum Gasteiger partial charge on any atom is -0.352 e. The van der Waals surface area contributed by atoms with Gasteiger partial charge in [-0.2, -0.15) is 0 Å². The second-order valence-corrected chi connectivity index (χ2v) is 11.3. The van der Waals surface area contributed by atoms with Crippen LogP contribution in [-0.4, -0.2) is 41.2 Å². The highest BCUT2D eigenvalue weighted by molar-refractivity contribution is 6.31. The number of halogens is 1. The van der Waals surface area contributed by atoms with Crippen molar-refractivity contribution in [3.63, 3.8) is 0 Å². The second kappa shape index (κ2) is 13.2. The van der Waals surface area contributed by atoms with Crippen molar-refractivity contribution < 1.29 is 14.4 Å². The Hall–Kier alpha value is -4.16. The van der Waals surface area contributed by atoms with Crippen LogP contribution < -0.4 is 10.2 Å². The Bertz CT molecular complexity index is 1580. The van der Waals surface area contributed by atoms with Gasteiger partial charge in [-0.05, 0) is 54.5 Å². The first-order valence-electron chi connectivity index (χ1n) is 14.6. The molecule has 1 aliphatic rings. The standard InChI is InChI=1S/C35H36ClN3O3/c1-3-24(2)37-34(41)31(22-25-12-5-4-6-13-25)39(23-27-14-7-8-18-29(27)36)32(40)20-11-21-38-30-19-10-16-26-15-9-17-28(33(26)30)35(38)42/h4-10,12-19,24,31H,3,11,20-23H2,1-2H3,(H,37,41)/t24-,31-/m1/s1. The van der Waals surface area contributed by atoms with Crippen molar-refractivity contribution in [2.45, 2.75) is 58.2 Å². The van der Waals surface area contributed by atoms with Crippen molar-refractivity contribution in [2.24, 2.45) is 0 Å². The topological polar surface area (TPSA) is 69.7 Å². The molecule has 0 fully saturated rings. The van der Waals surface area contributed by atoms with E-state index in [0.717, 1.165) is 34.0 Å². The molecule has 3 amide bonds. The van der Waals surface area contributed by atoms with E-state index >= 15 is 0 Å². The molecule has 2 atom stereocenters. The molecule has 4 aromatic rings. The number of hydrogen-bond donors (Lipinski definition) is 1. The van der Waals surface area contributed by atoms with E-state index in [-0.39, 0.29) is 36.7 Å². The third-order valence-electron chi connectivity index (χ3n) is 7.99. The average Bonchev–Trinajstić information content (AvgIpc) is 3.28. The molecule has 0 bridgehead atoms. The lowest BCUT2D eigenvalue weighted by Gasteiger charge is -2.33. The fourth-order valence-electron chi connectivity index (χ4n) is 5.54. The Morgan fingerprint density at radius 2 is 1.64 bits per heavy atom. The Morgan fingerprint density at radius 3 is 2.38 bits per heavy atom. The molecule has 1 N–H and O–H groups in total. The van der Waals surface area contributed by atoms with Crippen LogP contribution in [0.3, 0.4) is 0 Å². The summed E-state index contributed by atoms with van der Waals surface area (Å²) in [6.07, 6.45) is 1.80. The Labute approximate surface area is 252 Å². The number of carbonyl (C=O) groups is 3. The Morgan fingerprint density at radius 1 is 0.929 bits per heavy atom. The van der Waals surface area contributed by atoms with Crippen molar-refractivity contribution in [1.82, 2.24) is 10.2 Å². The molecule has 4 aromatic carbocycles. The third-order valence-corrected chi connectivity index (χ3v) is 8.36. The van der Waals surface area contributed by atoms with Crippen molar-refractivity contribution in [1.29, 1.82) is 0 Å². The van der Waals surface area contributed by atoms with Gasteiger partial charge in [0.2, 0.25) is 11.8 Å². The summed E-state index contributed by atoms with van der Waals surface area (Å²) in [5.41, 5.74) is 3.31. The highest BCUT2D eigenvalue weighted by Gasteiger charge is 2.32. The molecule has 0 saturated heterocycles. The summed E-state index contributed by atoms with van der Waals surface area (Å²) < 4.78 is 0. The summed E-state index contributed by atoms with van der Waals surface area (Å²) in [6.45, 7) is 4.59. The van der Waals surface area contributed by atoms with Gasteiger partial charge < -0.3 is 15.1 Å². The highest BCUT2D eigenvalue weighted by Crippen LogP contribution is 2.37. The van der Waals surface area contributed by atoms with Crippen molar-refractivity contribution in [3.05, 3.63) is 113 Å². The highest BCUT2D eigenvalue weighted by atomic mass is 35.5. The van der Waals surface area contributed by atoms with Crippen LogP contribution in [0, 0.1) is 0 Å². The van der Waals surface area contributed by atoms with Crippen LogP contribution in [0.15, 0.2) is 91.0 Å².